The summed E-state index contributed by atoms with van der Waals surface area (Å²) in [5.74, 6) is -0.335. The van der Waals surface area contributed by atoms with Gasteiger partial charge in [-0.15, -0.1) is 0 Å². The Bertz CT molecular complexity index is 1090. The number of aryl methyl sites for hydroxylation is 1. The number of hydrogen-bond donors (Lipinski definition) is 0. The highest BCUT2D eigenvalue weighted by atomic mass is 19.1. The number of fused-ring (bicyclic) bond motifs is 1. The number of carbonyl (C=O) groups is 2. The SMILES string of the molecule is CC(=O)c1ccc(N2CCN(C(=O)c3cc4ccc(F)cc4nc3C)CC2)cc1. The molecule has 148 valence electrons. The van der Waals surface area contributed by atoms with Crippen LogP contribution in [0.3, 0.4) is 0 Å². The fourth-order valence-corrected chi connectivity index (χ4v) is 3.70. The van der Waals surface area contributed by atoms with Gasteiger partial charge in [0.1, 0.15) is 5.82 Å². The number of amides is 1. The van der Waals surface area contributed by atoms with Crippen LogP contribution in [0, 0.1) is 12.7 Å². The van der Waals surface area contributed by atoms with E-state index >= 15 is 0 Å². The maximum Gasteiger partial charge on any atom is 0.255 e. The van der Waals surface area contributed by atoms with E-state index in [9.17, 15) is 14.0 Å². The Balaban J connectivity index is 1.47. The van der Waals surface area contributed by atoms with E-state index in [1.54, 1.807) is 26.0 Å². The number of piperazine rings is 1. The maximum absolute atomic E-state index is 13.4. The van der Waals surface area contributed by atoms with E-state index in [-0.39, 0.29) is 17.5 Å². The van der Waals surface area contributed by atoms with Crippen LogP contribution in [0.1, 0.15) is 33.3 Å². The molecule has 2 heterocycles. The molecule has 0 bridgehead atoms. The van der Waals surface area contributed by atoms with E-state index < -0.39 is 0 Å². The molecule has 0 aliphatic carbocycles. The molecule has 0 saturated carbocycles. The van der Waals surface area contributed by atoms with Crippen LogP contribution in [0.15, 0.2) is 48.5 Å². The van der Waals surface area contributed by atoms with Gasteiger partial charge in [0.25, 0.3) is 5.91 Å². The van der Waals surface area contributed by atoms with Crippen molar-refractivity contribution in [1.29, 1.82) is 0 Å². The van der Waals surface area contributed by atoms with Crippen molar-refractivity contribution < 1.29 is 14.0 Å². The molecular weight excluding hydrogens is 369 g/mol. The van der Waals surface area contributed by atoms with Crippen LogP contribution in [-0.4, -0.2) is 47.8 Å². The first-order valence-electron chi connectivity index (χ1n) is 9.64. The molecule has 1 aromatic heterocycles. The van der Waals surface area contributed by atoms with Crippen LogP contribution >= 0.6 is 0 Å². The molecule has 6 heteroatoms. The normalized spacial score (nSPS) is 14.3. The molecule has 0 spiro atoms. The van der Waals surface area contributed by atoms with Gasteiger partial charge >= 0.3 is 0 Å². The Morgan fingerprint density at radius 3 is 2.31 bits per heavy atom. The second-order valence-corrected chi connectivity index (χ2v) is 7.34. The zero-order valence-electron chi connectivity index (χ0n) is 16.5. The van der Waals surface area contributed by atoms with Gasteiger partial charge in [0.2, 0.25) is 0 Å². The van der Waals surface area contributed by atoms with Crippen LogP contribution in [0.25, 0.3) is 10.9 Å². The number of aromatic nitrogens is 1. The molecule has 0 unspecified atom stereocenters. The molecule has 2 aromatic carbocycles. The van der Waals surface area contributed by atoms with Crippen molar-refractivity contribution in [2.45, 2.75) is 13.8 Å². The van der Waals surface area contributed by atoms with Gasteiger partial charge in [-0.2, -0.15) is 0 Å². The van der Waals surface area contributed by atoms with Gasteiger partial charge in [-0.1, -0.05) is 0 Å². The minimum absolute atomic E-state index is 0.0483. The van der Waals surface area contributed by atoms with Crippen molar-refractivity contribution >= 4 is 28.3 Å². The van der Waals surface area contributed by atoms with Gasteiger partial charge in [-0.3, -0.25) is 14.6 Å². The number of pyridine rings is 1. The minimum Gasteiger partial charge on any atom is -0.368 e. The standard InChI is InChI=1S/C23H22FN3O2/c1-15-21(13-18-3-6-19(24)14-22(18)25-15)23(29)27-11-9-26(10-12-27)20-7-4-17(5-8-20)16(2)28/h3-8,13-14H,9-12H2,1-2H3. The second kappa shape index (κ2) is 7.62. The number of anilines is 1. The number of nitrogens with zero attached hydrogens (tertiary/aromatic N) is 3. The molecule has 1 aliphatic rings. The third kappa shape index (κ3) is 3.83. The van der Waals surface area contributed by atoms with Crippen molar-refractivity contribution in [3.8, 4) is 0 Å². The van der Waals surface area contributed by atoms with Gasteiger partial charge < -0.3 is 9.80 Å². The highest BCUT2D eigenvalue weighted by Crippen LogP contribution is 2.22. The summed E-state index contributed by atoms with van der Waals surface area (Å²) in [5.41, 5.74) is 3.46. The second-order valence-electron chi connectivity index (χ2n) is 7.34. The Morgan fingerprint density at radius 1 is 0.966 bits per heavy atom. The van der Waals surface area contributed by atoms with Crippen LogP contribution in [0.2, 0.25) is 0 Å². The van der Waals surface area contributed by atoms with E-state index in [0.29, 0.717) is 35.4 Å². The zero-order valence-corrected chi connectivity index (χ0v) is 16.5. The van der Waals surface area contributed by atoms with E-state index in [4.69, 9.17) is 0 Å². The summed E-state index contributed by atoms with van der Waals surface area (Å²) in [6.45, 7) is 5.99. The van der Waals surface area contributed by atoms with Gasteiger partial charge in [-0.25, -0.2) is 4.39 Å². The summed E-state index contributed by atoms with van der Waals surface area (Å²) in [6, 6.07) is 13.8. The lowest BCUT2D eigenvalue weighted by atomic mass is 10.1. The number of benzene rings is 2. The molecule has 0 radical (unpaired) electrons. The van der Waals surface area contributed by atoms with Crippen molar-refractivity contribution in [2.75, 3.05) is 31.1 Å². The lowest BCUT2D eigenvalue weighted by Gasteiger charge is -2.36. The Kier molecular flexibility index (Phi) is 5.01. The van der Waals surface area contributed by atoms with Crippen LogP contribution < -0.4 is 4.90 Å². The molecule has 29 heavy (non-hydrogen) atoms. The molecule has 3 aromatic rings. The van der Waals surface area contributed by atoms with Crippen molar-refractivity contribution in [3.05, 3.63) is 71.2 Å². The van der Waals surface area contributed by atoms with Crippen molar-refractivity contribution in [3.63, 3.8) is 0 Å². The van der Waals surface area contributed by atoms with E-state index in [1.807, 2.05) is 29.2 Å². The van der Waals surface area contributed by atoms with Crippen LogP contribution in [0.4, 0.5) is 10.1 Å². The highest BCUT2D eigenvalue weighted by Gasteiger charge is 2.24. The first-order chi connectivity index (χ1) is 13.9. The maximum atomic E-state index is 13.4. The molecule has 5 nitrogen and oxygen atoms in total. The van der Waals surface area contributed by atoms with Crippen molar-refractivity contribution in [1.82, 2.24) is 9.88 Å². The number of rotatable bonds is 3. The minimum atomic E-state index is -0.337. The topological polar surface area (TPSA) is 53.5 Å². The molecule has 0 atom stereocenters. The van der Waals surface area contributed by atoms with Gasteiger partial charge in [-0.05, 0) is 56.3 Å². The molecule has 4 rings (SSSR count). The van der Waals surface area contributed by atoms with Gasteiger partial charge in [0.05, 0.1) is 16.8 Å². The van der Waals surface area contributed by atoms with E-state index in [1.165, 1.54) is 12.1 Å². The smallest absolute Gasteiger partial charge is 0.255 e. The predicted octanol–water partition coefficient (Wildman–Crippen LogP) is 3.85. The lowest BCUT2D eigenvalue weighted by Crippen LogP contribution is -2.49. The summed E-state index contributed by atoms with van der Waals surface area (Å²) >= 11 is 0. The number of halogens is 1. The average Bonchev–Trinajstić information content (AvgIpc) is 2.73. The third-order valence-corrected chi connectivity index (χ3v) is 5.41. The fraction of sp³-hybridized carbons (Fsp3) is 0.261. The summed E-state index contributed by atoms with van der Waals surface area (Å²) < 4.78 is 13.4. The Labute approximate surface area is 168 Å². The van der Waals surface area contributed by atoms with Crippen LogP contribution in [-0.2, 0) is 0 Å². The fourth-order valence-electron chi connectivity index (χ4n) is 3.70. The predicted molar refractivity (Wildman–Crippen MR) is 111 cm³/mol. The first-order valence-corrected chi connectivity index (χ1v) is 9.64. The quantitative estimate of drug-likeness (QED) is 0.637. The molecule has 1 amide bonds. The average molecular weight is 391 g/mol. The monoisotopic (exact) mass is 391 g/mol. The van der Waals surface area contributed by atoms with E-state index in [0.717, 1.165) is 24.2 Å². The molecule has 0 N–H and O–H groups in total. The molecule has 1 saturated heterocycles. The van der Waals surface area contributed by atoms with E-state index in [2.05, 4.69) is 9.88 Å². The number of carbonyl (C=O) groups excluding carboxylic acids is 2. The third-order valence-electron chi connectivity index (χ3n) is 5.41. The zero-order chi connectivity index (χ0) is 20.5. The Morgan fingerprint density at radius 2 is 1.66 bits per heavy atom. The lowest BCUT2D eigenvalue weighted by molar-refractivity contribution is 0.0745. The Hall–Kier alpha value is -3.28. The summed E-state index contributed by atoms with van der Waals surface area (Å²) in [7, 11) is 0. The molecule has 1 fully saturated rings. The highest BCUT2D eigenvalue weighted by molar-refractivity contribution is 5.99. The summed E-state index contributed by atoms with van der Waals surface area (Å²) in [5, 5.41) is 0.754. The largest absolute Gasteiger partial charge is 0.368 e. The first kappa shape index (κ1) is 19.1. The van der Waals surface area contributed by atoms with Crippen molar-refractivity contribution in [2.24, 2.45) is 0 Å². The van der Waals surface area contributed by atoms with Gasteiger partial charge in [0, 0.05) is 48.9 Å². The number of ketones is 1. The van der Waals surface area contributed by atoms with Gasteiger partial charge in [0.15, 0.2) is 5.78 Å². The molecule has 1 aliphatic heterocycles. The summed E-state index contributed by atoms with van der Waals surface area (Å²) in [4.78, 5) is 32.9. The van der Waals surface area contributed by atoms with Crippen LogP contribution in [0.5, 0.6) is 0 Å². The number of Topliss-reactive ketones (excluding diaryl/α,β-unsaturated/α-hetero) is 1. The molecular formula is C23H22FN3O2. The summed E-state index contributed by atoms with van der Waals surface area (Å²) in [6.07, 6.45) is 0. The number of hydrogen-bond acceptors (Lipinski definition) is 4.